The Labute approximate surface area is 87.3 Å². The Bertz CT molecular complexity index is 200. The van der Waals surface area contributed by atoms with Crippen molar-refractivity contribution in [1.29, 1.82) is 0 Å². The number of nitrogens with one attached hydrogen (secondary N) is 1. The van der Waals surface area contributed by atoms with Gasteiger partial charge < -0.3 is 10.1 Å². The van der Waals surface area contributed by atoms with Crippen molar-refractivity contribution in [3.8, 4) is 0 Å². The summed E-state index contributed by atoms with van der Waals surface area (Å²) in [6.45, 7) is 7.00. The second-order valence-electron chi connectivity index (χ2n) is 4.38. The summed E-state index contributed by atoms with van der Waals surface area (Å²) >= 11 is 3.46. The summed E-state index contributed by atoms with van der Waals surface area (Å²) in [5, 5.41) is 2.96. The Morgan fingerprint density at radius 1 is 1.46 bits per heavy atom. The van der Waals surface area contributed by atoms with Gasteiger partial charge in [-0.05, 0) is 0 Å². The molecule has 2 atom stereocenters. The van der Waals surface area contributed by atoms with Crippen LogP contribution < -0.4 is 5.32 Å². The second kappa shape index (κ2) is 3.96. The highest BCUT2D eigenvalue weighted by Gasteiger charge is 2.30. The van der Waals surface area contributed by atoms with Crippen LogP contribution in [0.1, 0.15) is 20.8 Å². The number of halogens is 1. The van der Waals surface area contributed by atoms with E-state index in [0.717, 1.165) is 0 Å². The highest BCUT2D eigenvalue weighted by Crippen LogP contribution is 2.18. The van der Waals surface area contributed by atoms with Crippen LogP contribution in [0.2, 0.25) is 0 Å². The lowest BCUT2D eigenvalue weighted by molar-refractivity contribution is -0.129. The zero-order chi connectivity index (χ0) is 10.1. The van der Waals surface area contributed by atoms with Crippen molar-refractivity contribution in [2.45, 2.75) is 31.6 Å². The largest absolute Gasteiger partial charge is 0.378 e. The molecule has 3 nitrogen and oxygen atoms in total. The van der Waals surface area contributed by atoms with Crippen molar-refractivity contribution in [2.24, 2.45) is 5.41 Å². The van der Waals surface area contributed by atoms with E-state index in [0.29, 0.717) is 13.2 Å². The van der Waals surface area contributed by atoms with Gasteiger partial charge in [0.05, 0.1) is 24.1 Å². The number of carbonyl (C=O) groups is 1. The van der Waals surface area contributed by atoms with Gasteiger partial charge in [-0.2, -0.15) is 0 Å². The highest BCUT2D eigenvalue weighted by atomic mass is 79.9. The fraction of sp³-hybridized carbons (Fsp3) is 0.889. The minimum Gasteiger partial charge on any atom is -0.378 e. The first kappa shape index (κ1) is 11.0. The van der Waals surface area contributed by atoms with E-state index in [2.05, 4.69) is 21.2 Å². The van der Waals surface area contributed by atoms with Crippen LogP contribution in [0.15, 0.2) is 0 Å². The normalized spacial score (nSPS) is 28.9. The first-order valence-corrected chi connectivity index (χ1v) is 5.35. The minimum atomic E-state index is -0.324. The summed E-state index contributed by atoms with van der Waals surface area (Å²) in [7, 11) is 0. The third-order valence-corrected chi connectivity index (χ3v) is 2.91. The molecule has 0 aromatic rings. The van der Waals surface area contributed by atoms with Gasteiger partial charge in [0.25, 0.3) is 0 Å². The van der Waals surface area contributed by atoms with Crippen LogP contribution in [0.25, 0.3) is 0 Å². The lowest BCUT2D eigenvalue weighted by Crippen LogP contribution is -2.45. The number of alkyl halides is 1. The van der Waals surface area contributed by atoms with Crippen LogP contribution in [-0.2, 0) is 9.53 Å². The van der Waals surface area contributed by atoms with E-state index in [1.807, 2.05) is 20.8 Å². The Morgan fingerprint density at radius 2 is 2.08 bits per heavy atom. The molecule has 0 aliphatic carbocycles. The molecule has 1 amide bonds. The van der Waals surface area contributed by atoms with E-state index in [1.54, 1.807) is 0 Å². The highest BCUT2D eigenvalue weighted by molar-refractivity contribution is 9.09. The number of carbonyl (C=O) groups excluding carboxylic acids is 1. The van der Waals surface area contributed by atoms with Crippen LogP contribution in [0.4, 0.5) is 0 Å². The van der Waals surface area contributed by atoms with Gasteiger partial charge in [-0.3, -0.25) is 4.79 Å². The molecular weight excluding hydrogens is 234 g/mol. The summed E-state index contributed by atoms with van der Waals surface area (Å²) in [6.07, 6.45) is 0. The summed E-state index contributed by atoms with van der Waals surface area (Å²) in [4.78, 5) is 11.8. The lowest BCUT2D eigenvalue weighted by atomic mass is 9.95. The van der Waals surface area contributed by atoms with E-state index >= 15 is 0 Å². The van der Waals surface area contributed by atoms with Gasteiger partial charge in [-0.25, -0.2) is 0 Å². The van der Waals surface area contributed by atoms with Gasteiger partial charge in [0, 0.05) is 5.41 Å². The third kappa shape index (κ3) is 2.95. The maximum absolute atomic E-state index is 11.6. The lowest BCUT2D eigenvalue weighted by Gasteiger charge is -2.22. The van der Waals surface area contributed by atoms with E-state index in [-0.39, 0.29) is 22.2 Å². The van der Waals surface area contributed by atoms with Gasteiger partial charge in [0.15, 0.2) is 0 Å². The molecular formula is C9H16BrNO2. The molecule has 0 spiro atoms. The Hall–Kier alpha value is -0.0900. The number of amides is 1. The van der Waals surface area contributed by atoms with Gasteiger partial charge in [0.1, 0.15) is 0 Å². The maximum atomic E-state index is 11.6. The number of ether oxygens (including phenoxy) is 1. The second-order valence-corrected chi connectivity index (χ2v) is 5.56. The molecule has 13 heavy (non-hydrogen) atoms. The van der Waals surface area contributed by atoms with E-state index in [1.165, 1.54) is 0 Å². The molecule has 1 rings (SSSR count). The predicted octanol–water partition coefficient (Wildman–Crippen LogP) is 1.31. The molecule has 0 aromatic heterocycles. The van der Waals surface area contributed by atoms with Crippen molar-refractivity contribution in [1.82, 2.24) is 5.32 Å². The molecule has 1 fully saturated rings. The average Bonchev–Trinajstić information content (AvgIpc) is 2.34. The van der Waals surface area contributed by atoms with Crippen molar-refractivity contribution in [3.63, 3.8) is 0 Å². The van der Waals surface area contributed by atoms with Gasteiger partial charge >= 0.3 is 0 Å². The molecule has 76 valence electrons. The van der Waals surface area contributed by atoms with Crippen LogP contribution in [-0.4, -0.2) is 30.0 Å². The Morgan fingerprint density at radius 3 is 2.46 bits per heavy atom. The van der Waals surface area contributed by atoms with E-state index in [4.69, 9.17) is 4.74 Å². The topological polar surface area (TPSA) is 38.3 Å². The molecule has 2 unspecified atom stereocenters. The first-order valence-electron chi connectivity index (χ1n) is 4.44. The van der Waals surface area contributed by atoms with Crippen LogP contribution in [0.3, 0.4) is 0 Å². The fourth-order valence-corrected chi connectivity index (χ4v) is 1.52. The molecule has 1 N–H and O–H groups in total. The zero-order valence-corrected chi connectivity index (χ0v) is 9.85. The van der Waals surface area contributed by atoms with Gasteiger partial charge in [-0.15, -0.1) is 0 Å². The van der Waals surface area contributed by atoms with Crippen molar-refractivity contribution in [2.75, 3.05) is 13.2 Å². The summed E-state index contributed by atoms with van der Waals surface area (Å²) in [6, 6.07) is 0.117. The fourth-order valence-electron chi connectivity index (χ4n) is 1.05. The smallest absolute Gasteiger partial charge is 0.225 e. The monoisotopic (exact) mass is 249 g/mol. The summed E-state index contributed by atoms with van der Waals surface area (Å²) in [5.74, 6) is 0.0763. The molecule has 4 heteroatoms. The minimum absolute atomic E-state index is 0.0763. The molecule has 1 aliphatic rings. The quantitative estimate of drug-likeness (QED) is 0.712. The summed E-state index contributed by atoms with van der Waals surface area (Å²) < 4.78 is 5.22. The van der Waals surface area contributed by atoms with Crippen molar-refractivity contribution in [3.05, 3.63) is 0 Å². The maximum Gasteiger partial charge on any atom is 0.225 e. The summed E-state index contributed by atoms with van der Waals surface area (Å²) in [5.41, 5.74) is -0.324. The molecule has 1 heterocycles. The molecule has 0 aromatic carbocycles. The average molecular weight is 250 g/mol. The SMILES string of the molecule is CC(C)(C)C(=O)NC1COCC1Br. The van der Waals surface area contributed by atoms with Crippen LogP contribution >= 0.6 is 15.9 Å². The molecule has 0 bridgehead atoms. The molecule has 1 aliphatic heterocycles. The Kier molecular flexibility index (Phi) is 3.35. The predicted molar refractivity (Wildman–Crippen MR) is 54.9 cm³/mol. The molecule has 0 saturated carbocycles. The number of hydrogen-bond acceptors (Lipinski definition) is 2. The Balaban J connectivity index is 2.45. The van der Waals surface area contributed by atoms with E-state index in [9.17, 15) is 4.79 Å². The number of hydrogen-bond donors (Lipinski definition) is 1. The van der Waals surface area contributed by atoms with Crippen LogP contribution in [0, 0.1) is 5.41 Å². The van der Waals surface area contributed by atoms with Crippen molar-refractivity contribution >= 4 is 21.8 Å². The van der Waals surface area contributed by atoms with Gasteiger partial charge in [0.2, 0.25) is 5.91 Å². The molecule has 1 saturated heterocycles. The third-order valence-electron chi connectivity index (χ3n) is 2.01. The first-order chi connectivity index (χ1) is 5.91. The molecule has 0 radical (unpaired) electrons. The van der Waals surface area contributed by atoms with Crippen molar-refractivity contribution < 1.29 is 9.53 Å². The zero-order valence-electron chi connectivity index (χ0n) is 8.26. The van der Waals surface area contributed by atoms with Gasteiger partial charge in [-0.1, -0.05) is 36.7 Å². The van der Waals surface area contributed by atoms with Crippen LogP contribution in [0.5, 0.6) is 0 Å². The number of rotatable bonds is 1. The van der Waals surface area contributed by atoms with E-state index < -0.39 is 0 Å². The standard InChI is InChI=1S/C9H16BrNO2/c1-9(2,3)8(12)11-7-5-13-4-6(7)10/h6-7H,4-5H2,1-3H3,(H,11,12).